The minimum Gasteiger partial charge on any atom is -0.463 e. The van der Waals surface area contributed by atoms with E-state index in [1.54, 1.807) is 6.26 Å². The van der Waals surface area contributed by atoms with Gasteiger partial charge in [0.15, 0.2) is 0 Å². The summed E-state index contributed by atoms with van der Waals surface area (Å²) >= 11 is 0. The molecule has 4 amide bonds. The van der Waals surface area contributed by atoms with Crippen LogP contribution in [0, 0.1) is 30.6 Å². The van der Waals surface area contributed by atoms with Crippen molar-refractivity contribution in [3.8, 4) is 33.6 Å². The highest BCUT2D eigenvalue weighted by Gasteiger charge is 2.58. The molecule has 2 saturated carbocycles. The Morgan fingerprint density at radius 2 is 1.21 bits per heavy atom. The number of benzene rings is 2. The lowest BCUT2D eigenvalue weighted by Gasteiger charge is -2.40. The standard InChI is InChI=1S/C47H56N8O7/c1-25(2)37(52-44(58)60-6)40(56)54-22-28-14-16-46(54,18-28)42-48-20-34(50-42)31-10-8-30(9-11-31)32-12-13-33(39-36(32)27(5)24-62-39)35-21-49-43(51-35)47-17-15-29(19-47)23-55(47)41(57)38(26(3)4)53-45(59)61-7/h8-13,20-21,24-26,28-29,37-38H,14-19,22-23H2,1-7H3,(H,48,50)(H,49,51)(H,52,58)(H,53,59)/t28-,29-,37-,38-,46-,47-/m0/s1. The lowest BCUT2D eigenvalue weighted by Crippen LogP contribution is -2.56. The van der Waals surface area contributed by atoms with Crippen molar-refractivity contribution in [1.29, 1.82) is 0 Å². The number of ether oxygens (including phenoxy) is 2. The zero-order chi connectivity index (χ0) is 43.7. The monoisotopic (exact) mass is 844 g/mol. The van der Waals surface area contributed by atoms with Crippen LogP contribution in [-0.4, -0.2) is 93.1 Å². The van der Waals surface area contributed by atoms with Gasteiger partial charge >= 0.3 is 12.2 Å². The van der Waals surface area contributed by atoms with E-state index in [2.05, 4.69) is 57.0 Å². The first-order chi connectivity index (χ1) is 29.8. The summed E-state index contributed by atoms with van der Waals surface area (Å²) in [6, 6.07) is 11.1. The first-order valence-corrected chi connectivity index (χ1v) is 21.8. The van der Waals surface area contributed by atoms with Crippen molar-refractivity contribution in [2.24, 2.45) is 23.7 Å². The third-order valence-corrected chi connectivity index (χ3v) is 14.2. The molecule has 4 bridgehead atoms. The lowest BCUT2D eigenvalue weighted by atomic mass is 9.93. The first kappa shape index (κ1) is 41.2. The zero-order valence-electron chi connectivity index (χ0n) is 36.5. The van der Waals surface area contributed by atoms with Gasteiger partial charge in [-0.25, -0.2) is 19.6 Å². The number of hydrogen-bond acceptors (Lipinski definition) is 9. The molecule has 15 heteroatoms. The second kappa shape index (κ2) is 15.7. The smallest absolute Gasteiger partial charge is 0.407 e. The number of carbonyl (C=O) groups is 4. The van der Waals surface area contributed by atoms with E-state index in [0.29, 0.717) is 24.9 Å². The summed E-state index contributed by atoms with van der Waals surface area (Å²) in [6.07, 6.45) is 9.49. The number of nitrogens with zero attached hydrogens (tertiary/aromatic N) is 4. The molecule has 5 heterocycles. The number of aryl methyl sites for hydroxylation is 1. The number of hydrogen-bond donors (Lipinski definition) is 4. The Labute approximate surface area is 360 Å². The van der Waals surface area contributed by atoms with Crippen LogP contribution in [0.25, 0.3) is 44.6 Å². The van der Waals surface area contributed by atoms with Gasteiger partial charge in [0.2, 0.25) is 11.8 Å². The molecule has 15 nitrogen and oxygen atoms in total. The first-order valence-electron chi connectivity index (χ1n) is 21.8. The number of aromatic amines is 2. The van der Waals surface area contributed by atoms with Gasteiger partial charge in [0.1, 0.15) is 40.4 Å². The van der Waals surface area contributed by atoms with Crippen molar-refractivity contribution in [2.45, 2.75) is 96.3 Å². The number of amides is 4. The fraction of sp³-hybridized carbons (Fsp3) is 0.489. The minimum absolute atomic E-state index is 0.111. The van der Waals surface area contributed by atoms with E-state index in [0.717, 1.165) is 100 Å². The van der Waals surface area contributed by atoms with Crippen LogP contribution < -0.4 is 10.6 Å². The lowest BCUT2D eigenvalue weighted by molar-refractivity contribution is -0.141. The number of rotatable bonds is 11. The van der Waals surface area contributed by atoms with Gasteiger partial charge in [0.25, 0.3) is 0 Å². The SMILES string of the molecule is COC(=O)N[C@H](C(=O)N1C[C@H]2CC[C@@]1(c1ncc(-c3ccc(-c4ccc(-c5cnc([C@@]67CC[C@H](CN6C(=O)[C@@H](NC(=O)OC)C(C)C)C7)[nH]5)c5occ(C)c45)cc3)[nH]1)C2)C(C)C. The Kier molecular flexibility index (Phi) is 10.4. The number of H-pyrrole nitrogens is 2. The average Bonchev–Trinajstić information content (AvgIpc) is 4.14. The van der Waals surface area contributed by atoms with Crippen molar-refractivity contribution in [2.75, 3.05) is 27.3 Å². The van der Waals surface area contributed by atoms with Crippen molar-refractivity contribution in [1.82, 2.24) is 40.4 Å². The highest BCUT2D eigenvalue weighted by atomic mass is 16.5. The van der Waals surface area contributed by atoms with Crippen molar-refractivity contribution in [3.05, 3.63) is 72.3 Å². The molecule has 0 radical (unpaired) electrons. The number of aromatic nitrogens is 4. The van der Waals surface area contributed by atoms with Gasteiger partial charge in [0.05, 0.1) is 44.3 Å². The number of fused-ring (bicyclic) bond motifs is 5. The molecule has 2 saturated heterocycles. The largest absolute Gasteiger partial charge is 0.463 e. The van der Waals surface area contributed by atoms with Gasteiger partial charge in [-0.1, -0.05) is 58.0 Å². The van der Waals surface area contributed by atoms with Gasteiger partial charge in [-0.3, -0.25) is 9.59 Å². The number of furan rings is 1. The Morgan fingerprint density at radius 3 is 1.71 bits per heavy atom. The maximum absolute atomic E-state index is 14.1. The van der Waals surface area contributed by atoms with E-state index < -0.39 is 35.3 Å². The summed E-state index contributed by atoms with van der Waals surface area (Å²) in [4.78, 5) is 73.3. The molecule has 0 unspecified atom stereocenters. The third-order valence-electron chi connectivity index (χ3n) is 14.2. The molecule has 6 atom stereocenters. The molecule has 2 aliphatic heterocycles. The van der Waals surface area contributed by atoms with Crippen molar-refractivity contribution < 1.29 is 33.1 Å². The topological polar surface area (TPSA) is 188 Å². The molecule has 62 heavy (non-hydrogen) atoms. The van der Waals surface area contributed by atoms with Gasteiger partial charge in [0, 0.05) is 24.0 Å². The molecule has 9 rings (SSSR count). The van der Waals surface area contributed by atoms with E-state index in [1.165, 1.54) is 14.2 Å². The predicted molar refractivity (Wildman–Crippen MR) is 231 cm³/mol. The van der Waals surface area contributed by atoms with Crippen LogP contribution in [0.1, 0.15) is 83.4 Å². The average molecular weight is 845 g/mol. The van der Waals surface area contributed by atoms with Crippen LogP contribution in [0.15, 0.2) is 59.5 Å². The fourth-order valence-corrected chi connectivity index (χ4v) is 10.9. The number of carbonyl (C=O) groups excluding carboxylic acids is 4. The van der Waals surface area contributed by atoms with E-state index in [-0.39, 0.29) is 23.7 Å². The number of piperidine rings is 2. The Bertz CT molecular complexity index is 2540. The molecule has 4 fully saturated rings. The van der Waals surface area contributed by atoms with E-state index in [9.17, 15) is 19.2 Å². The quantitative estimate of drug-likeness (QED) is 0.104. The van der Waals surface area contributed by atoms with Gasteiger partial charge in [-0.05, 0) is 97.4 Å². The van der Waals surface area contributed by atoms with Gasteiger partial charge in [-0.2, -0.15) is 0 Å². The highest BCUT2D eigenvalue weighted by molar-refractivity contribution is 6.03. The Hall–Kier alpha value is -6.12. The number of methoxy groups -OCH3 is 2. The second-order valence-electron chi connectivity index (χ2n) is 18.5. The number of likely N-dealkylation sites (tertiary alicyclic amines) is 2. The summed E-state index contributed by atoms with van der Waals surface area (Å²) in [5, 5.41) is 6.53. The summed E-state index contributed by atoms with van der Waals surface area (Å²) in [5.74, 6) is 1.79. The van der Waals surface area contributed by atoms with Crippen LogP contribution in [0.5, 0.6) is 0 Å². The van der Waals surface area contributed by atoms with E-state index >= 15 is 0 Å². The molecular weight excluding hydrogens is 789 g/mol. The molecular formula is C47H56N8O7. The van der Waals surface area contributed by atoms with Crippen LogP contribution in [0.2, 0.25) is 0 Å². The van der Waals surface area contributed by atoms with Crippen LogP contribution in [0.4, 0.5) is 9.59 Å². The summed E-state index contributed by atoms with van der Waals surface area (Å²) in [7, 11) is 2.61. The zero-order valence-corrected chi connectivity index (χ0v) is 36.5. The number of imidazole rings is 2. The highest BCUT2D eigenvalue weighted by Crippen LogP contribution is 2.54. The third kappa shape index (κ3) is 6.71. The molecule has 326 valence electrons. The van der Waals surface area contributed by atoms with Gasteiger partial charge < -0.3 is 44.3 Å². The van der Waals surface area contributed by atoms with Crippen LogP contribution in [0.3, 0.4) is 0 Å². The van der Waals surface area contributed by atoms with Crippen LogP contribution >= 0.6 is 0 Å². The minimum atomic E-state index is -0.714. The maximum atomic E-state index is 14.1. The van der Waals surface area contributed by atoms with E-state index in [1.807, 2.05) is 56.8 Å². The fourth-order valence-electron chi connectivity index (χ4n) is 10.9. The second-order valence-corrected chi connectivity index (χ2v) is 18.5. The summed E-state index contributed by atoms with van der Waals surface area (Å²) in [5.41, 5.74) is 6.17. The number of nitrogens with one attached hydrogen (secondary N) is 4. The molecule has 4 aliphatic rings. The normalized spacial score (nSPS) is 23.7. The maximum Gasteiger partial charge on any atom is 0.407 e. The molecule has 3 aromatic heterocycles. The predicted octanol–water partition coefficient (Wildman–Crippen LogP) is 7.62. The molecule has 0 spiro atoms. The Morgan fingerprint density at radius 1 is 0.726 bits per heavy atom. The molecule has 2 aromatic carbocycles. The molecule has 5 aromatic rings. The van der Waals surface area contributed by atoms with Crippen molar-refractivity contribution >= 4 is 35.0 Å². The molecule has 2 aliphatic carbocycles. The van der Waals surface area contributed by atoms with E-state index in [4.69, 9.17) is 23.9 Å². The van der Waals surface area contributed by atoms with Crippen molar-refractivity contribution in [3.63, 3.8) is 0 Å². The molecule has 4 N–H and O–H groups in total. The van der Waals surface area contributed by atoms with Gasteiger partial charge in [-0.15, -0.1) is 0 Å². The van der Waals surface area contributed by atoms with Crippen LogP contribution in [-0.2, 0) is 30.1 Å². The number of alkyl carbamates (subject to hydrolysis) is 2. The summed E-state index contributed by atoms with van der Waals surface area (Å²) in [6.45, 7) is 11.0. The Balaban J connectivity index is 0.967. The summed E-state index contributed by atoms with van der Waals surface area (Å²) < 4.78 is 16.0.